The van der Waals surface area contributed by atoms with E-state index in [1.807, 2.05) is 14.0 Å². The predicted molar refractivity (Wildman–Crippen MR) is 113 cm³/mol. The first-order valence-corrected chi connectivity index (χ1v) is 9.29. The van der Waals surface area contributed by atoms with E-state index in [0.29, 0.717) is 12.6 Å². The van der Waals surface area contributed by atoms with Gasteiger partial charge in [0.05, 0.1) is 6.61 Å². The summed E-state index contributed by atoms with van der Waals surface area (Å²) in [5.41, 5.74) is 1.58. The van der Waals surface area contributed by atoms with Crippen LogP contribution >= 0.6 is 24.0 Å². The van der Waals surface area contributed by atoms with Gasteiger partial charge in [0.2, 0.25) is 0 Å². The van der Waals surface area contributed by atoms with Crippen LogP contribution in [0.3, 0.4) is 0 Å². The number of amides is 1. The maximum Gasteiger partial charge on any atom is 0.409 e. The number of guanidine groups is 1. The van der Waals surface area contributed by atoms with E-state index < -0.39 is 0 Å². The van der Waals surface area contributed by atoms with Gasteiger partial charge in [-0.2, -0.15) is 0 Å². The Labute approximate surface area is 168 Å². The Bertz CT molecular complexity index is 460. The van der Waals surface area contributed by atoms with E-state index in [1.54, 1.807) is 10.5 Å². The number of rotatable bonds is 5. The number of allylic oxidation sites excluding steroid dienone is 1. The number of carbonyl (C=O) groups excluding carboxylic acids is 1. The van der Waals surface area contributed by atoms with E-state index in [0.717, 1.165) is 44.9 Å². The van der Waals surface area contributed by atoms with E-state index >= 15 is 0 Å². The van der Waals surface area contributed by atoms with E-state index in [2.05, 4.69) is 21.7 Å². The molecular weight excluding hydrogens is 431 g/mol. The minimum atomic E-state index is -0.195. The smallest absolute Gasteiger partial charge is 0.409 e. The van der Waals surface area contributed by atoms with Gasteiger partial charge in [-0.25, -0.2) is 4.79 Å². The van der Waals surface area contributed by atoms with Crippen molar-refractivity contribution in [2.24, 2.45) is 4.99 Å². The van der Waals surface area contributed by atoms with E-state index in [1.165, 1.54) is 25.7 Å². The molecule has 1 fully saturated rings. The van der Waals surface area contributed by atoms with Gasteiger partial charge in [-0.3, -0.25) is 4.99 Å². The summed E-state index contributed by atoms with van der Waals surface area (Å²) in [5, 5.41) is 6.89. The molecule has 6 nitrogen and oxygen atoms in total. The number of carbonyl (C=O) groups is 1. The summed E-state index contributed by atoms with van der Waals surface area (Å²) in [7, 11) is 1.81. The summed E-state index contributed by atoms with van der Waals surface area (Å²) in [6.07, 6.45) is 10.3. The minimum Gasteiger partial charge on any atom is -0.450 e. The average molecular weight is 464 g/mol. The lowest BCUT2D eigenvalue weighted by Crippen LogP contribution is -2.50. The lowest BCUT2D eigenvalue weighted by atomic mass is 9.97. The van der Waals surface area contributed by atoms with Crippen LogP contribution in [0.15, 0.2) is 16.6 Å². The molecule has 0 aromatic rings. The third-order valence-corrected chi connectivity index (χ3v) is 4.71. The van der Waals surface area contributed by atoms with Gasteiger partial charge < -0.3 is 20.3 Å². The molecule has 0 bridgehead atoms. The summed E-state index contributed by atoms with van der Waals surface area (Å²) >= 11 is 0. The molecule has 1 amide bonds. The number of hydrogen-bond acceptors (Lipinski definition) is 3. The third kappa shape index (κ3) is 7.83. The molecule has 0 aromatic heterocycles. The molecule has 0 spiro atoms. The van der Waals surface area contributed by atoms with Crippen molar-refractivity contribution >= 4 is 36.0 Å². The molecule has 1 saturated heterocycles. The highest BCUT2D eigenvalue weighted by Gasteiger charge is 2.23. The highest BCUT2D eigenvalue weighted by Crippen LogP contribution is 2.19. The van der Waals surface area contributed by atoms with Crippen molar-refractivity contribution < 1.29 is 9.53 Å². The van der Waals surface area contributed by atoms with Crippen LogP contribution in [0.1, 0.15) is 51.9 Å². The van der Waals surface area contributed by atoms with Crippen molar-refractivity contribution in [3.63, 3.8) is 0 Å². The van der Waals surface area contributed by atoms with Gasteiger partial charge in [-0.1, -0.05) is 11.6 Å². The molecule has 2 N–H and O–H groups in total. The number of nitrogens with zero attached hydrogens (tertiary/aromatic N) is 2. The lowest BCUT2D eigenvalue weighted by Gasteiger charge is -2.32. The van der Waals surface area contributed by atoms with Gasteiger partial charge in [0.25, 0.3) is 0 Å². The zero-order chi connectivity index (χ0) is 17.2. The SMILES string of the molecule is CCOC(=O)N1CCC(NC(=NC)NCCC2=CCCCC2)CC1.I. The molecule has 2 rings (SSSR count). The van der Waals surface area contributed by atoms with Crippen LogP contribution in [0, 0.1) is 0 Å². The standard InChI is InChI=1S/C18H32N4O2.HI/c1-3-24-18(23)22-13-10-16(11-14-22)21-17(19-2)20-12-9-15-7-5-4-6-8-15;/h7,16H,3-6,8-14H2,1-2H3,(H2,19,20,21);1H. The summed E-state index contributed by atoms with van der Waals surface area (Å²) < 4.78 is 5.05. The van der Waals surface area contributed by atoms with Crippen LogP contribution in [-0.2, 0) is 4.74 Å². The van der Waals surface area contributed by atoms with Gasteiger partial charge in [0, 0.05) is 32.7 Å². The van der Waals surface area contributed by atoms with Crippen molar-refractivity contribution in [2.45, 2.75) is 57.9 Å². The number of piperidine rings is 1. The number of likely N-dealkylation sites (tertiary alicyclic amines) is 1. The first-order valence-electron chi connectivity index (χ1n) is 9.29. The zero-order valence-electron chi connectivity index (χ0n) is 15.6. The monoisotopic (exact) mass is 464 g/mol. The van der Waals surface area contributed by atoms with Crippen LogP contribution < -0.4 is 10.6 Å². The molecule has 0 aromatic carbocycles. The van der Waals surface area contributed by atoms with E-state index in [-0.39, 0.29) is 30.1 Å². The first-order chi connectivity index (χ1) is 11.7. The maximum absolute atomic E-state index is 11.7. The Balaban J connectivity index is 0.00000312. The Morgan fingerprint density at radius 1 is 1.36 bits per heavy atom. The van der Waals surface area contributed by atoms with Gasteiger partial charge in [-0.05, 0) is 51.9 Å². The molecule has 7 heteroatoms. The summed E-state index contributed by atoms with van der Waals surface area (Å²) in [6.45, 7) is 4.67. The van der Waals surface area contributed by atoms with Crippen LogP contribution in [-0.4, -0.2) is 56.3 Å². The molecule has 1 heterocycles. The van der Waals surface area contributed by atoms with Crippen molar-refractivity contribution in [3.05, 3.63) is 11.6 Å². The topological polar surface area (TPSA) is 66.0 Å². The molecule has 144 valence electrons. The number of hydrogen-bond donors (Lipinski definition) is 2. The fraction of sp³-hybridized carbons (Fsp3) is 0.778. The molecule has 25 heavy (non-hydrogen) atoms. The van der Waals surface area contributed by atoms with Gasteiger partial charge in [0.1, 0.15) is 0 Å². The van der Waals surface area contributed by atoms with E-state index in [9.17, 15) is 4.79 Å². The van der Waals surface area contributed by atoms with Crippen molar-refractivity contribution in [1.82, 2.24) is 15.5 Å². The van der Waals surface area contributed by atoms with Crippen LogP contribution in [0.5, 0.6) is 0 Å². The molecule has 0 atom stereocenters. The number of aliphatic imine (C=N–C) groups is 1. The molecule has 1 aliphatic carbocycles. The quantitative estimate of drug-likeness (QED) is 0.284. The zero-order valence-corrected chi connectivity index (χ0v) is 17.9. The Morgan fingerprint density at radius 2 is 2.12 bits per heavy atom. The Hall–Kier alpha value is -0.990. The molecule has 2 aliphatic rings. The number of halogens is 1. The lowest BCUT2D eigenvalue weighted by molar-refractivity contribution is 0.0963. The predicted octanol–water partition coefficient (Wildman–Crippen LogP) is 3.28. The van der Waals surface area contributed by atoms with Crippen LogP contribution in [0.25, 0.3) is 0 Å². The van der Waals surface area contributed by atoms with Gasteiger partial charge in [-0.15, -0.1) is 24.0 Å². The largest absolute Gasteiger partial charge is 0.450 e. The van der Waals surface area contributed by atoms with Crippen molar-refractivity contribution in [3.8, 4) is 0 Å². The summed E-state index contributed by atoms with van der Waals surface area (Å²) in [6, 6.07) is 0.357. The number of ether oxygens (including phenoxy) is 1. The molecule has 1 aliphatic heterocycles. The summed E-state index contributed by atoms with van der Waals surface area (Å²) in [4.78, 5) is 17.8. The Kier molecular flexibility index (Phi) is 10.9. The fourth-order valence-corrected chi connectivity index (χ4v) is 3.28. The number of nitrogens with one attached hydrogen (secondary N) is 2. The molecule has 0 unspecified atom stereocenters. The Morgan fingerprint density at radius 3 is 2.72 bits per heavy atom. The summed E-state index contributed by atoms with van der Waals surface area (Å²) in [5.74, 6) is 0.862. The van der Waals surface area contributed by atoms with Crippen molar-refractivity contribution in [2.75, 3.05) is 33.3 Å². The third-order valence-electron chi connectivity index (χ3n) is 4.71. The van der Waals surface area contributed by atoms with Gasteiger partial charge >= 0.3 is 6.09 Å². The van der Waals surface area contributed by atoms with E-state index in [4.69, 9.17) is 4.74 Å². The van der Waals surface area contributed by atoms with Gasteiger partial charge in [0.15, 0.2) is 5.96 Å². The second-order valence-electron chi connectivity index (χ2n) is 6.46. The highest BCUT2D eigenvalue weighted by molar-refractivity contribution is 14.0. The second-order valence-corrected chi connectivity index (χ2v) is 6.46. The van der Waals surface area contributed by atoms with Crippen LogP contribution in [0.2, 0.25) is 0 Å². The second kappa shape index (κ2) is 12.4. The first kappa shape index (κ1) is 22.1. The highest BCUT2D eigenvalue weighted by atomic mass is 127. The van der Waals surface area contributed by atoms with Crippen LogP contribution in [0.4, 0.5) is 4.79 Å². The molecular formula is C18H33IN4O2. The molecule has 0 radical (unpaired) electrons. The average Bonchev–Trinajstić information content (AvgIpc) is 2.62. The minimum absolute atomic E-state index is 0. The molecule has 0 saturated carbocycles. The maximum atomic E-state index is 11.7. The normalized spacial score (nSPS) is 18.9. The fourth-order valence-electron chi connectivity index (χ4n) is 3.28. The van der Waals surface area contributed by atoms with Crippen molar-refractivity contribution in [1.29, 1.82) is 0 Å².